The van der Waals surface area contributed by atoms with Gasteiger partial charge in [-0.25, -0.2) is 0 Å². The van der Waals surface area contributed by atoms with Crippen LogP contribution in [0.2, 0.25) is 0 Å². The van der Waals surface area contributed by atoms with E-state index in [1.54, 1.807) is 5.57 Å². The molecule has 6 aliphatic carbocycles. The van der Waals surface area contributed by atoms with Gasteiger partial charge in [-0.2, -0.15) is 0 Å². The second-order valence-electron chi connectivity index (χ2n) is 17.0. The van der Waals surface area contributed by atoms with Crippen LogP contribution in [0.1, 0.15) is 138 Å². The van der Waals surface area contributed by atoms with Gasteiger partial charge in [-0.3, -0.25) is 4.79 Å². The van der Waals surface area contributed by atoms with E-state index in [0.717, 1.165) is 32.1 Å². The molecule has 1 amide bonds. The maximum absolute atomic E-state index is 14.4. The lowest BCUT2D eigenvalue weighted by Gasteiger charge is -2.71. The Morgan fingerprint density at radius 3 is 2.28 bits per heavy atom. The second-order valence-corrected chi connectivity index (χ2v) is 17.0. The van der Waals surface area contributed by atoms with Crippen molar-refractivity contribution in [3.8, 4) is 0 Å². The molecule has 6 aliphatic rings. The number of allylic oxidation sites excluding steroid dienone is 2. The maximum Gasteiger partial charge on any atom is 0.227 e. The van der Waals surface area contributed by atoms with Crippen molar-refractivity contribution < 1.29 is 9.90 Å². The number of aliphatic hydroxyl groups is 1. The number of amides is 1. The molecular weight excluding hydrogens is 478 g/mol. The Morgan fingerprint density at radius 1 is 0.846 bits per heavy atom. The number of hydrogen-bond donors (Lipinski definition) is 2. The van der Waals surface area contributed by atoms with Crippen molar-refractivity contribution in [3.05, 3.63) is 11.6 Å². The first-order valence-electron chi connectivity index (χ1n) is 17.0. The molecule has 0 aliphatic heterocycles. The van der Waals surface area contributed by atoms with Crippen LogP contribution in [0.4, 0.5) is 0 Å². The topological polar surface area (TPSA) is 49.3 Å². The molecule has 0 aromatic rings. The quantitative estimate of drug-likeness (QED) is 0.347. The first-order chi connectivity index (χ1) is 18.3. The van der Waals surface area contributed by atoms with Crippen molar-refractivity contribution in [3.63, 3.8) is 0 Å². The summed E-state index contributed by atoms with van der Waals surface area (Å²) in [5.74, 6) is 3.27. The molecule has 0 aromatic carbocycles. The van der Waals surface area contributed by atoms with Crippen LogP contribution < -0.4 is 5.32 Å². The molecule has 3 heteroatoms. The van der Waals surface area contributed by atoms with Gasteiger partial charge in [0.25, 0.3) is 0 Å². The number of carbonyl (C=O) groups is 1. The molecule has 220 valence electrons. The Balaban J connectivity index is 1.38. The molecule has 0 heterocycles. The first kappa shape index (κ1) is 28.3. The van der Waals surface area contributed by atoms with E-state index in [1.165, 1.54) is 57.8 Å². The molecule has 10 atom stereocenters. The molecule has 3 nitrogen and oxygen atoms in total. The molecule has 1 unspecified atom stereocenters. The van der Waals surface area contributed by atoms with Crippen LogP contribution in [0.25, 0.3) is 0 Å². The van der Waals surface area contributed by atoms with Crippen LogP contribution in [-0.2, 0) is 4.79 Å². The zero-order chi connectivity index (χ0) is 28.0. The van der Waals surface area contributed by atoms with Gasteiger partial charge in [0.2, 0.25) is 5.91 Å². The molecule has 0 saturated heterocycles. The monoisotopic (exact) mass is 537 g/mol. The van der Waals surface area contributed by atoms with E-state index < -0.39 is 0 Å². The van der Waals surface area contributed by atoms with E-state index in [1.807, 2.05) is 0 Å². The Bertz CT molecular complexity index is 1010. The minimum atomic E-state index is -0.212. The van der Waals surface area contributed by atoms with E-state index in [-0.39, 0.29) is 33.2 Å². The highest BCUT2D eigenvalue weighted by Crippen LogP contribution is 2.75. The minimum absolute atomic E-state index is 0.00846. The molecule has 0 spiro atoms. The number of fused-ring (bicyclic) bond motifs is 7. The fourth-order valence-corrected chi connectivity index (χ4v) is 12.4. The summed E-state index contributed by atoms with van der Waals surface area (Å²) in [6.07, 6.45) is 19.0. The number of hydrogen-bond acceptors (Lipinski definition) is 2. The van der Waals surface area contributed by atoms with Crippen molar-refractivity contribution in [1.82, 2.24) is 5.32 Å². The van der Waals surface area contributed by atoms with Gasteiger partial charge in [-0.05, 0) is 122 Å². The number of carbonyl (C=O) groups excluding carboxylic acids is 1. The van der Waals surface area contributed by atoms with Gasteiger partial charge in [0.1, 0.15) is 0 Å². The zero-order valence-electron chi connectivity index (χ0n) is 26.4. The second kappa shape index (κ2) is 9.34. The fourth-order valence-electron chi connectivity index (χ4n) is 12.4. The van der Waals surface area contributed by atoms with Gasteiger partial charge in [0.05, 0.1) is 11.5 Å². The lowest BCUT2D eigenvalue weighted by Crippen LogP contribution is -2.66. The van der Waals surface area contributed by atoms with Crippen molar-refractivity contribution >= 4 is 5.91 Å². The van der Waals surface area contributed by atoms with Crippen molar-refractivity contribution in [2.24, 2.45) is 56.7 Å². The Kier molecular flexibility index (Phi) is 6.77. The largest absolute Gasteiger partial charge is 0.393 e. The van der Waals surface area contributed by atoms with E-state index >= 15 is 0 Å². The summed E-state index contributed by atoms with van der Waals surface area (Å²) in [6, 6.07) is 0.395. The highest BCUT2D eigenvalue weighted by atomic mass is 16.3. The molecule has 0 aromatic heterocycles. The molecule has 0 bridgehead atoms. The summed E-state index contributed by atoms with van der Waals surface area (Å²) < 4.78 is 0. The molecule has 39 heavy (non-hydrogen) atoms. The van der Waals surface area contributed by atoms with Gasteiger partial charge in [0.15, 0.2) is 0 Å². The Labute approximate surface area is 239 Å². The summed E-state index contributed by atoms with van der Waals surface area (Å²) in [7, 11) is 0. The average Bonchev–Trinajstić information content (AvgIpc) is 2.89. The standard InChI is InChI=1S/C36H59NO2/c1-23-15-20-36(31(39)37-25-11-9-8-10-12-25)22-21-34(6)26(30(36)24(23)2)13-14-28-33(5)18-17-29(38)32(3,4)27(33)16-19-35(28,34)7/h13,23-25,27-30,38H,8-12,14-22H2,1-7H3,(H,37,39)/t23-,24+,27+,28-,29+,30?,33+,34-,35-,36+/m1/s1. The molecule has 0 radical (unpaired) electrons. The summed E-state index contributed by atoms with van der Waals surface area (Å²) in [5.41, 5.74) is 2.16. The predicted molar refractivity (Wildman–Crippen MR) is 160 cm³/mol. The number of rotatable bonds is 2. The van der Waals surface area contributed by atoms with Crippen LogP contribution in [0.3, 0.4) is 0 Å². The molecular formula is C36H59NO2. The van der Waals surface area contributed by atoms with Crippen molar-refractivity contribution in [1.29, 1.82) is 0 Å². The van der Waals surface area contributed by atoms with E-state index in [2.05, 4.69) is 59.9 Å². The Morgan fingerprint density at radius 2 is 1.56 bits per heavy atom. The third-order valence-electron chi connectivity index (χ3n) is 15.4. The van der Waals surface area contributed by atoms with Crippen LogP contribution >= 0.6 is 0 Å². The first-order valence-corrected chi connectivity index (χ1v) is 17.0. The average molecular weight is 538 g/mol. The zero-order valence-corrected chi connectivity index (χ0v) is 26.4. The normalized spacial score (nSPS) is 51.4. The summed E-state index contributed by atoms with van der Waals surface area (Å²) in [4.78, 5) is 14.4. The van der Waals surface area contributed by atoms with Crippen LogP contribution in [0.5, 0.6) is 0 Å². The lowest BCUT2D eigenvalue weighted by atomic mass is 9.33. The maximum atomic E-state index is 14.4. The summed E-state index contributed by atoms with van der Waals surface area (Å²) >= 11 is 0. The van der Waals surface area contributed by atoms with Crippen molar-refractivity contribution in [2.75, 3.05) is 0 Å². The fraction of sp³-hybridized carbons (Fsp3) is 0.917. The van der Waals surface area contributed by atoms with Gasteiger partial charge in [-0.15, -0.1) is 0 Å². The van der Waals surface area contributed by atoms with Crippen molar-refractivity contribution in [2.45, 2.75) is 151 Å². The minimum Gasteiger partial charge on any atom is -0.393 e. The molecule has 5 fully saturated rings. The number of aliphatic hydroxyl groups excluding tert-OH is 1. The van der Waals surface area contributed by atoms with Crippen LogP contribution in [-0.4, -0.2) is 23.2 Å². The van der Waals surface area contributed by atoms with E-state index in [0.29, 0.717) is 41.5 Å². The van der Waals surface area contributed by atoms with E-state index in [9.17, 15) is 9.90 Å². The molecule has 2 N–H and O–H groups in total. The predicted octanol–water partition coefficient (Wildman–Crippen LogP) is 8.45. The van der Waals surface area contributed by atoms with Crippen LogP contribution in [0, 0.1) is 56.7 Å². The lowest BCUT2D eigenvalue weighted by molar-refractivity contribution is -0.204. The molecule has 5 saturated carbocycles. The smallest absolute Gasteiger partial charge is 0.227 e. The third-order valence-corrected chi connectivity index (χ3v) is 15.4. The summed E-state index contributed by atoms with van der Waals surface area (Å²) in [5, 5.41) is 14.7. The Hall–Kier alpha value is -0.830. The highest BCUT2D eigenvalue weighted by Gasteiger charge is 2.69. The van der Waals surface area contributed by atoms with E-state index in [4.69, 9.17) is 0 Å². The SMILES string of the molecule is C[C@@H]1CC[C@]2(C(=O)NC3CCCCC3)CC[C@]3(C)C(=CC[C@@H]4[C@@]5(C)CC[C@H](O)C(C)(C)[C@@H]5CC[C@]43C)C2[C@H]1C. The van der Waals surface area contributed by atoms with Gasteiger partial charge in [-0.1, -0.05) is 79.4 Å². The highest BCUT2D eigenvalue weighted by molar-refractivity contribution is 5.84. The van der Waals surface area contributed by atoms with Gasteiger partial charge >= 0.3 is 0 Å². The van der Waals surface area contributed by atoms with Gasteiger partial charge in [0, 0.05) is 6.04 Å². The van der Waals surface area contributed by atoms with Crippen LogP contribution in [0.15, 0.2) is 11.6 Å². The third kappa shape index (κ3) is 3.79. The number of nitrogens with one attached hydrogen (secondary N) is 1. The summed E-state index contributed by atoms with van der Waals surface area (Å²) in [6.45, 7) is 17.5. The van der Waals surface area contributed by atoms with Gasteiger partial charge < -0.3 is 10.4 Å². The molecule has 6 rings (SSSR count).